The predicted octanol–water partition coefficient (Wildman–Crippen LogP) is 0.641. The van der Waals surface area contributed by atoms with E-state index in [1.807, 2.05) is 17.8 Å². The van der Waals surface area contributed by atoms with Gasteiger partial charge in [-0.3, -0.25) is 4.68 Å². The number of nitrogens with zero attached hydrogens (tertiary/aromatic N) is 2. The summed E-state index contributed by atoms with van der Waals surface area (Å²) >= 11 is 0. The summed E-state index contributed by atoms with van der Waals surface area (Å²) in [6, 6.07) is 2.04. The van der Waals surface area contributed by atoms with Gasteiger partial charge in [0.05, 0.1) is 17.9 Å². The summed E-state index contributed by atoms with van der Waals surface area (Å²) in [7, 11) is 3.51. The smallest absolute Gasteiger partial charge is 0.0935 e. The van der Waals surface area contributed by atoms with Crippen molar-refractivity contribution in [2.75, 3.05) is 20.3 Å². The molecule has 0 aliphatic carbocycles. The van der Waals surface area contributed by atoms with Crippen LogP contribution >= 0.6 is 0 Å². The molecule has 0 aliphatic heterocycles. The number of aryl methyl sites for hydroxylation is 2. The minimum Gasteiger partial charge on any atom is -0.387 e. The monoisotopic (exact) mass is 255 g/mol. The molecule has 0 spiro atoms. The van der Waals surface area contributed by atoms with Gasteiger partial charge in [0.15, 0.2) is 0 Å². The first-order valence-electron chi connectivity index (χ1n) is 6.48. The zero-order valence-electron chi connectivity index (χ0n) is 11.6. The average molecular weight is 255 g/mol. The van der Waals surface area contributed by atoms with Crippen molar-refractivity contribution in [1.82, 2.24) is 9.78 Å². The molecule has 3 N–H and O–H groups in total. The number of hydrogen-bond acceptors (Lipinski definition) is 4. The van der Waals surface area contributed by atoms with Gasteiger partial charge in [-0.25, -0.2) is 0 Å². The minimum absolute atomic E-state index is 0.319. The molecule has 104 valence electrons. The molecule has 0 amide bonds. The Kier molecular flexibility index (Phi) is 5.78. The number of methoxy groups -OCH3 is 1. The molecule has 0 saturated heterocycles. The third-order valence-corrected chi connectivity index (χ3v) is 3.16. The van der Waals surface area contributed by atoms with Crippen molar-refractivity contribution < 1.29 is 9.84 Å². The molecule has 1 aromatic rings. The van der Waals surface area contributed by atoms with Crippen LogP contribution in [0.4, 0.5) is 0 Å². The molecular formula is C13H25N3O2. The van der Waals surface area contributed by atoms with E-state index in [-0.39, 0.29) is 0 Å². The molecule has 1 atom stereocenters. The number of nitrogens with two attached hydrogens (primary N) is 1. The molecular weight excluding hydrogens is 230 g/mol. The Bertz CT molecular complexity index is 365. The molecule has 0 aliphatic rings. The highest BCUT2D eigenvalue weighted by Gasteiger charge is 2.28. The van der Waals surface area contributed by atoms with E-state index in [0.717, 1.165) is 24.2 Å². The van der Waals surface area contributed by atoms with Crippen molar-refractivity contribution in [2.45, 2.75) is 38.2 Å². The molecule has 0 bridgehead atoms. The third-order valence-electron chi connectivity index (χ3n) is 3.16. The lowest BCUT2D eigenvalue weighted by Gasteiger charge is -2.27. The van der Waals surface area contributed by atoms with Gasteiger partial charge in [-0.1, -0.05) is 6.92 Å². The van der Waals surface area contributed by atoms with E-state index in [9.17, 15) is 5.11 Å². The Morgan fingerprint density at radius 3 is 2.78 bits per heavy atom. The highest BCUT2D eigenvalue weighted by Crippen LogP contribution is 2.20. The molecule has 18 heavy (non-hydrogen) atoms. The van der Waals surface area contributed by atoms with E-state index in [1.54, 1.807) is 7.11 Å². The average Bonchev–Trinajstić information content (AvgIpc) is 2.68. The van der Waals surface area contributed by atoms with Gasteiger partial charge in [-0.05, 0) is 31.9 Å². The summed E-state index contributed by atoms with van der Waals surface area (Å²) in [6.07, 6.45) is 2.88. The molecule has 1 heterocycles. The number of ether oxygens (including phenoxy) is 1. The van der Waals surface area contributed by atoms with Gasteiger partial charge in [-0.15, -0.1) is 0 Å². The maximum absolute atomic E-state index is 10.6. The van der Waals surface area contributed by atoms with E-state index in [1.165, 1.54) is 0 Å². The molecule has 5 nitrogen and oxygen atoms in total. The maximum Gasteiger partial charge on any atom is 0.0935 e. The molecule has 0 fully saturated rings. The van der Waals surface area contributed by atoms with Crippen LogP contribution in [0.5, 0.6) is 0 Å². The van der Waals surface area contributed by atoms with Gasteiger partial charge in [-0.2, -0.15) is 5.10 Å². The number of aromatic nitrogens is 2. The van der Waals surface area contributed by atoms with Crippen LogP contribution in [0, 0.1) is 0 Å². The quantitative estimate of drug-likeness (QED) is 0.715. The van der Waals surface area contributed by atoms with Crippen molar-refractivity contribution >= 4 is 0 Å². The van der Waals surface area contributed by atoms with Crippen LogP contribution in [0.3, 0.4) is 0 Å². The fraction of sp³-hybridized carbons (Fsp3) is 0.769. The highest BCUT2D eigenvalue weighted by molar-refractivity contribution is 5.13. The van der Waals surface area contributed by atoms with Crippen LogP contribution in [0.25, 0.3) is 0 Å². The normalized spacial score (nSPS) is 14.7. The molecule has 0 radical (unpaired) electrons. The fourth-order valence-electron chi connectivity index (χ4n) is 2.16. The topological polar surface area (TPSA) is 73.3 Å². The second kappa shape index (κ2) is 6.87. The Morgan fingerprint density at radius 2 is 2.28 bits per heavy atom. The lowest BCUT2D eigenvalue weighted by molar-refractivity contribution is -0.0386. The van der Waals surface area contributed by atoms with Gasteiger partial charge in [0, 0.05) is 26.3 Å². The highest BCUT2D eigenvalue weighted by atomic mass is 16.5. The third kappa shape index (κ3) is 4.08. The van der Waals surface area contributed by atoms with E-state index < -0.39 is 5.60 Å². The van der Waals surface area contributed by atoms with Crippen LogP contribution in [0.1, 0.15) is 31.2 Å². The molecule has 5 heteroatoms. The lowest BCUT2D eigenvalue weighted by Crippen LogP contribution is -2.38. The summed E-state index contributed by atoms with van der Waals surface area (Å²) in [4.78, 5) is 0. The van der Waals surface area contributed by atoms with E-state index >= 15 is 0 Å². The number of hydrogen-bond donors (Lipinski definition) is 2. The van der Waals surface area contributed by atoms with Crippen molar-refractivity contribution in [1.29, 1.82) is 0 Å². The van der Waals surface area contributed by atoms with Crippen LogP contribution in [0.2, 0.25) is 0 Å². The summed E-state index contributed by atoms with van der Waals surface area (Å²) in [5, 5.41) is 15.0. The van der Waals surface area contributed by atoms with Crippen molar-refractivity contribution in [2.24, 2.45) is 12.8 Å². The Labute approximate surface area is 109 Å². The van der Waals surface area contributed by atoms with Crippen molar-refractivity contribution in [3.63, 3.8) is 0 Å². The van der Waals surface area contributed by atoms with E-state index in [4.69, 9.17) is 10.5 Å². The summed E-state index contributed by atoms with van der Waals surface area (Å²) in [6.45, 7) is 2.97. The zero-order chi connectivity index (χ0) is 13.6. The first kappa shape index (κ1) is 15.1. The molecule has 1 unspecified atom stereocenters. The molecule has 1 aromatic heterocycles. The van der Waals surface area contributed by atoms with Crippen LogP contribution < -0.4 is 5.73 Å². The van der Waals surface area contributed by atoms with Gasteiger partial charge >= 0.3 is 0 Å². The van der Waals surface area contributed by atoms with Gasteiger partial charge < -0.3 is 15.6 Å². The van der Waals surface area contributed by atoms with Crippen molar-refractivity contribution in [3.8, 4) is 0 Å². The first-order valence-corrected chi connectivity index (χ1v) is 6.48. The van der Waals surface area contributed by atoms with Crippen LogP contribution in [0.15, 0.2) is 6.07 Å². The standard InChI is InChI=1S/C13H25N3O2/c1-4-11-8-12(16(2)15-11)9-13(17,10-18-3)6-5-7-14/h8,17H,4-7,9-10,14H2,1-3H3. The molecule has 1 rings (SSSR count). The largest absolute Gasteiger partial charge is 0.387 e. The van der Waals surface area contributed by atoms with Crippen molar-refractivity contribution in [3.05, 3.63) is 17.5 Å². The summed E-state index contributed by atoms with van der Waals surface area (Å²) in [5.74, 6) is 0. The van der Waals surface area contributed by atoms with Gasteiger partial charge in [0.2, 0.25) is 0 Å². The van der Waals surface area contributed by atoms with Crippen LogP contribution in [-0.4, -0.2) is 40.7 Å². The van der Waals surface area contributed by atoms with Crippen LogP contribution in [-0.2, 0) is 24.6 Å². The predicted molar refractivity (Wildman–Crippen MR) is 71.4 cm³/mol. The Balaban J connectivity index is 2.77. The van der Waals surface area contributed by atoms with Gasteiger partial charge in [0.25, 0.3) is 0 Å². The van der Waals surface area contributed by atoms with E-state index in [2.05, 4.69) is 12.0 Å². The minimum atomic E-state index is -0.854. The molecule has 0 aromatic carbocycles. The summed E-state index contributed by atoms with van der Waals surface area (Å²) in [5.41, 5.74) is 6.74. The summed E-state index contributed by atoms with van der Waals surface area (Å²) < 4.78 is 6.96. The lowest BCUT2D eigenvalue weighted by atomic mass is 9.92. The Morgan fingerprint density at radius 1 is 1.56 bits per heavy atom. The van der Waals surface area contributed by atoms with Gasteiger partial charge in [0.1, 0.15) is 0 Å². The SMILES string of the molecule is CCc1cc(CC(O)(CCCN)COC)n(C)n1. The Hall–Kier alpha value is -0.910. The fourth-order valence-corrected chi connectivity index (χ4v) is 2.16. The second-order valence-corrected chi connectivity index (χ2v) is 4.83. The van der Waals surface area contributed by atoms with E-state index in [0.29, 0.717) is 26.0 Å². The number of aliphatic hydroxyl groups is 1. The first-order chi connectivity index (χ1) is 8.54. The maximum atomic E-state index is 10.6. The molecule has 0 saturated carbocycles. The number of rotatable bonds is 8. The zero-order valence-corrected chi connectivity index (χ0v) is 11.6. The second-order valence-electron chi connectivity index (χ2n) is 4.83.